The molecule has 1 aliphatic rings. The molecule has 1 aromatic carbocycles. The highest BCUT2D eigenvalue weighted by Crippen LogP contribution is 2.43. The number of halogens is 3. The van der Waals surface area contributed by atoms with Gasteiger partial charge in [-0.25, -0.2) is 0 Å². The van der Waals surface area contributed by atoms with Gasteiger partial charge in [0.2, 0.25) is 0 Å². The number of ether oxygens (including phenoxy) is 1. The van der Waals surface area contributed by atoms with E-state index in [4.69, 9.17) is 14.0 Å². The van der Waals surface area contributed by atoms with Crippen LogP contribution in [0.2, 0.25) is 0 Å². The molecular weight excluding hydrogens is 352 g/mol. The monoisotopic (exact) mass is 374 g/mol. The maximum absolute atomic E-state index is 13.3. The van der Waals surface area contributed by atoms with Gasteiger partial charge < -0.3 is 19.2 Å². The van der Waals surface area contributed by atoms with E-state index in [9.17, 15) is 23.1 Å². The molecule has 1 heterocycles. The topological polar surface area (TPSA) is 65.0 Å². The Bertz CT molecular complexity index is 671. The number of carboxylic acids is 1. The van der Waals surface area contributed by atoms with Crippen molar-refractivity contribution in [1.29, 1.82) is 0 Å². The lowest BCUT2D eigenvalue weighted by Gasteiger charge is -2.32. The number of carboxylic acid groups (broad SMARTS) is 1. The van der Waals surface area contributed by atoms with Crippen LogP contribution < -0.4 is 4.74 Å². The summed E-state index contributed by atoms with van der Waals surface area (Å²) in [5.41, 5.74) is -2.26. The van der Waals surface area contributed by atoms with E-state index in [1.54, 1.807) is 27.7 Å². The van der Waals surface area contributed by atoms with Gasteiger partial charge in [-0.05, 0) is 45.4 Å². The Kier molecular flexibility index (Phi) is 5.36. The fraction of sp³-hybridized carbons (Fsp3) is 0.588. The quantitative estimate of drug-likeness (QED) is 0.792. The van der Waals surface area contributed by atoms with Crippen LogP contribution in [-0.2, 0) is 20.3 Å². The largest absolute Gasteiger partial charge is 0.496 e. The van der Waals surface area contributed by atoms with Gasteiger partial charge in [-0.15, -0.1) is 0 Å². The Morgan fingerprint density at radius 1 is 1.23 bits per heavy atom. The molecule has 26 heavy (non-hydrogen) atoms. The minimum absolute atomic E-state index is 0.166. The van der Waals surface area contributed by atoms with Crippen LogP contribution in [0.4, 0.5) is 13.2 Å². The third-order valence-electron chi connectivity index (χ3n) is 4.95. The normalized spacial score (nSPS) is 20.1. The van der Waals surface area contributed by atoms with Crippen molar-refractivity contribution in [3.05, 3.63) is 29.3 Å². The molecule has 0 radical (unpaired) electrons. The van der Waals surface area contributed by atoms with E-state index in [0.717, 1.165) is 13.2 Å². The maximum Gasteiger partial charge on any atom is 0.466 e. The lowest BCUT2D eigenvalue weighted by atomic mass is 9.66. The molecule has 0 aromatic heterocycles. The van der Waals surface area contributed by atoms with E-state index in [0.29, 0.717) is 0 Å². The van der Waals surface area contributed by atoms with E-state index in [2.05, 4.69) is 0 Å². The van der Waals surface area contributed by atoms with Crippen LogP contribution in [0, 0.1) is 0 Å². The zero-order chi connectivity index (χ0) is 19.9. The van der Waals surface area contributed by atoms with Crippen molar-refractivity contribution >= 4 is 13.1 Å². The second kappa shape index (κ2) is 6.77. The fourth-order valence-electron chi connectivity index (χ4n) is 2.79. The number of alkyl halides is 3. The van der Waals surface area contributed by atoms with Crippen molar-refractivity contribution in [3.63, 3.8) is 0 Å². The number of hydrogen-bond acceptors (Lipinski definition) is 4. The first-order valence-corrected chi connectivity index (χ1v) is 8.11. The first-order chi connectivity index (χ1) is 11.8. The highest BCUT2D eigenvalue weighted by Gasteiger charge is 2.54. The van der Waals surface area contributed by atoms with Gasteiger partial charge in [-0.1, -0.05) is 6.07 Å². The zero-order valence-corrected chi connectivity index (χ0v) is 15.3. The number of rotatable bonds is 5. The zero-order valence-electron chi connectivity index (χ0n) is 15.3. The third-order valence-corrected chi connectivity index (χ3v) is 4.95. The van der Waals surface area contributed by atoms with Gasteiger partial charge in [0.15, 0.2) is 0 Å². The molecule has 1 fully saturated rings. The molecule has 1 aromatic rings. The van der Waals surface area contributed by atoms with Crippen LogP contribution in [0.5, 0.6) is 5.75 Å². The van der Waals surface area contributed by atoms with Crippen molar-refractivity contribution in [3.8, 4) is 5.75 Å². The molecule has 0 bridgehead atoms. The number of benzene rings is 1. The van der Waals surface area contributed by atoms with Gasteiger partial charge in [0.25, 0.3) is 0 Å². The van der Waals surface area contributed by atoms with Gasteiger partial charge in [-0.3, -0.25) is 4.79 Å². The van der Waals surface area contributed by atoms with E-state index >= 15 is 0 Å². The minimum atomic E-state index is -4.63. The number of carbonyl (C=O) groups is 1. The molecule has 0 amide bonds. The first-order valence-electron chi connectivity index (χ1n) is 8.11. The summed E-state index contributed by atoms with van der Waals surface area (Å²) in [6.07, 6.45) is -5.06. The number of hydrogen-bond donors (Lipinski definition) is 1. The van der Waals surface area contributed by atoms with Gasteiger partial charge >= 0.3 is 19.3 Å². The molecule has 2 rings (SSSR count). The Labute approximate surface area is 150 Å². The predicted molar refractivity (Wildman–Crippen MR) is 89.1 cm³/mol. The molecule has 9 heteroatoms. The number of methoxy groups -OCH3 is 1. The highest BCUT2D eigenvalue weighted by atomic mass is 19.4. The molecule has 1 saturated heterocycles. The number of aliphatic carboxylic acids is 1. The van der Waals surface area contributed by atoms with Crippen molar-refractivity contribution in [2.24, 2.45) is 0 Å². The minimum Gasteiger partial charge on any atom is -0.496 e. The molecule has 1 unspecified atom stereocenters. The van der Waals surface area contributed by atoms with Crippen molar-refractivity contribution in [2.45, 2.75) is 57.3 Å². The molecular formula is C17H22BF3O5. The summed E-state index contributed by atoms with van der Waals surface area (Å²) in [5, 5.41) is 9.24. The van der Waals surface area contributed by atoms with Crippen LogP contribution in [0.15, 0.2) is 18.2 Å². The molecule has 1 aliphatic heterocycles. The van der Waals surface area contributed by atoms with Gasteiger partial charge in [0, 0.05) is 5.82 Å². The average molecular weight is 374 g/mol. The van der Waals surface area contributed by atoms with E-state index in [-0.39, 0.29) is 11.3 Å². The molecule has 1 N–H and O–H groups in total. The van der Waals surface area contributed by atoms with Crippen molar-refractivity contribution in [1.82, 2.24) is 0 Å². The van der Waals surface area contributed by atoms with Crippen LogP contribution in [0.25, 0.3) is 0 Å². The lowest BCUT2D eigenvalue weighted by Crippen LogP contribution is -2.41. The average Bonchev–Trinajstić information content (AvgIpc) is 2.71. The summed E-state index contributed by atoms with van der Waals surface area (Å²) in [5.74, 6) is -2.39. The Morgan fingerprint density at radius 2 is 1.77 bits per heavy atom. The van der Waals surface area contributed by atoms with E-state index in [1.807, 2.05) is 0 Å². The second-order valence-electron chi connectivity index (χ2n) is 7.29. The molecule has 0 aliphatic carbocycles. The third kappa shape index (κ3) is 3.98. The molecule has 0 spiro atoms. The highest BCUT2D eigenvalue weighted by molar-refractivity contribution is 6.48. The standard InChI is InChI=1S/C17H22BF3O5/c1-15(2)16(3,4)26-18(25-15)12(9-14(22)23)10-6-7-13(24-5)11(8-10)17(19,20)21/h6-8,12H,9H2,1-5H3,(H,22,23). The Balaban J connectivity index is 2.47. The van der Waals surface area contributed by atoms with Crippen LogP contribution in [-0.4, -0.2) is 36.5 Å². The molecule has 144 valence electrons. The maximum atomic E-state index is 13.3. The Hall–Kier alpha value is -1.74. The first kappa shape index (κ1) is 20.6. The van der Waals surface area contributed by atoms with E-state index in [1.165, 1.54) is 12.1 Å². The molecule has 1 atom stereocenters. The van der Waals surface area contributed by atoms with Crippen molar-refractivity contribution < 1.29 is 37.1 Å². The molecule has 0 saturated carbocycles. The molecule has 5 nitrogen and oxygen atoms in total. The van der Waals surface area contributed by atoms with Crippen LogP contribution >= 0.6 is 0 Å². The lowest BCUT2D eigenvalue weighted by molar-refractivity contribution is -0.138. The summed E-state index contributed by atoms with van der Waals surface area (Å²) in [7, 11) is 0.165. The van der Waals surface area contributed by atoms with Gasteiger partial charge in [0.05, 0.1) is 30.3 Å². The SMILES string of the molecule is COc1ccc(C(CC(=O)O)B2OC(C)(C)C(C)(C)O2)cc1C(F)(F)F. The fourth-order valence-corrected chi connectivity index (χ4v) is 2.79. The van der Waals surface area contributed by atoms with Crippen molar-refractivity contribution in [2.75, 3.05) is 7.11 Å². The predicted octanol–water partition coefficient (Wildman–Crippen LogP) is 3.90. The summed E-state index contributed by atoms with van der Waals surface area (Å²) in [4.78, 5) is 11.3. The van der Waals surface area contributed by atoms with Crippen LogP contribution in [0.1, 0.15) is 51.1 Å². The van der Waals surface area contributed by atoms with E-state index < -0.39 is 48.3 Å². The Morgan fingerprint density at radius 3 is 2.19 bits per heavy atom. The van der Waals surface area contributed by atoms with Gasteiger partial charge in [0.1, 0.15) is 5.75 Å². The summed E-state index contributed by atoms with van der Waals surface area (Å²) < 4.78 is 56.4. The summed E-state index contributed by atoms with van der Waals surface area (Å²) in [6.45, 7) is 7.17. The summed E-state index contributed by atoms with van der Waals surface area (Å²) >= 11 is 0. The smallest absolute Gasteiger partial charge is 0.466 e. The van der Waals surface area contributed by atoms with Crippen LogP contribution in [0.3, 0.4) is 0 Å². The second-order valence-corrected chi connectivity index (χ2v) is 7.29. The summed E-state index contributed by atoms with van der Waals surface area (Å²) in [6, 6.07) is 3.49. The van der Waals surface area contributed by atoms with Gasteiger partial charge in [-0.2, -0.15) is 13.2 Å².